The molecule has 0 saturated carbocycles. The maximum absolute atomic E-state index is 10.3. The van der Waals surface area contributed by atoms with Crippen LogP contribution in [0.1, 0.15) is 24.2 Å². The van der Waals surface area contributed by atoms with Gasteiger partial charge in [0.15, 0.2) is 0 Å². The van der Waals surface area contributed by atoms with Gasteiger partial charge in [-0.2, -0.15) is 0 Å². The van der Waals surface area contributed by atoms with Gasteiger partial charge in [-0.1, -0.05) is 34.1 Å². The van der Waals surface area contributed by atoms with E-state index in [2.05, 4.69) is 20.9 Å². The Morgan fingerprint density at radius 2 is 2.11 bits per heavy atom. The summed E-state index contributed by atoms with van der Waals surface area (Å²) in [5.74, 6) is 0.668. The van der Waals surface area contributed by atoms with E-state index >= 15 is 0 Å². The van der Waals surface area contributed by atoms with Gasteiger partial charge in [0.05, 0.1) is 12.8 Å². The number of halogens is 1. The Labute approximate surface area is 115 Å². The molecule has 2 aromatic rings. The smallest absolute Gasteiger partial charge is 0.137 e. The van der Waals surface area contributed by atoms with Crippen molar-refractivity contribution < 1.29 is 9.84 Å². The third kappa shape index (κ3) is 2.89. The quantitative estimate of drug-likeness (QED) is 0.942. The van der Waals surface area contributed by atoms with Gasteiger partial charge in [0.2, 0.25) is 0 Å². The second-order valence-electron chi connectivity index (χ2n) is 3.81. The van der Waals surface area contributed by atoms with E-state index in [0.717, 1.165) is 10.0 Å². The molecule has 0 radical (unpaired) electrons. The number of aromatic nitrogens is 1. The van der Waals surface area contributed by atoms with Gasteiger partial charge in [-0.3, -0.25) is 4.98 Å². The minimum atomic E-state index is -0.714. The molecule has 1 aromatic carbocycles. The number of hydrogen-bond acceptors (Lipinski definition) is 3. The minimum Gasteiger partial charge on any atom is -0.492 e. The van der Waals surface area contributed by atoms with E-state index in [1.165, 1.54) is 0 Å². The molecule has 1 unspecified atom stereocenters. The Bertz CT molecular complexity index is 531. The molecular weight excluding hydrogens is 294 g/mol. The van der Waals surface area contributed by atoms with Gasteiger partial charge in [-0.15, -0.1) is 0 Å². The monoisotopic (exact) mass is 307 g/mol. The molecule has 0 bridgehead atoms. The van der Waals surface area contributed by atoms with Crippen molar-refractivity contribution in [1.29, 1.82) is 0 Å². The van der Waals surface area contributed by atoms with Gasteiger partial charge in [-0.05, 0) is 24.6 Å². The highest BCUT2D eigenvalue weighted by Crippen LogP contribution is 2.29. The van der Waals surface area contributed by atoms with Gasteiger partial charge in [-0.25, -0.2) is 0 Å². The number of rotatable bonds is 4. The fraction of sp³-hybridized carbons (Fsp3) is 0.214. The Balaban J connectivity index is 2.31. The maximum Gasteiger partial charge on any atom is 0.137 e. The molecule has 1 atom stereocenters. The number of hydrogen-bond donors (Lipinski definition) is 1. The Hall–Kier alpha value is -1.39. The first-order chi connectivity index (χ1) is 8.72. The zero-order valence-corrected chi connectivity index (χ0v) is 11.6. The molecule has 3 nitrogen and oxygen atoms in total. The molecule has 18 heavy (non-hydrogen) atoms. The fourth-order valence-corrected chi connectivity index (χ4v) is 2.21. The standard InChI is InChI=1S/C14H14BrNO2/c1-2-18-11-7-10(8-16-9-11)14(17)12-5-3-4-6-13(12)15/h3-9,14,17H,2H2,1H3. The molecule has 0 spiro atoms. The zero-order chi connectivity index (χ0) is 13.0. The molecule has 0 saturated heterocycles. The first kappa shape index (κ1) is 13.1. The van der Waals surface area contributed by atoms with E-state index in [4.69, 9.17) is 4.74 Å². The van der Waals surface area contributed by atoms with Gasteiger partial charge in [0.25, 0.3) is 0 Å². The highest BCUT2D eigenvalue weighted by Gasteiger charge is 2.14. The normalized spacial score (nSPS) is 12.2. The van der Waals surface area contributed by atoms with Crippen LogP contribution in [0.15, 0.2) is 47.2 Å². The van der Waals surface area contributed by atoms with Crippen LogP contribution in [0.5, 0.6) is 5.75 Å². The molecule has 0 aliphatic rings. The van der Waals surface area contributed by atoms with Crippen LogP contribution in [-0.2, 0) is 0 Å². The molecule has 2 rings (SSSR count). The molecular formula is C14H14BrNO2. The van der Waals surface area contributed by atoms with E-state index < -0.39 is 6.10 Å². The largest absolute Gasteiger partial charge is 0.492 e. The Kier molecular flexibility index (Phi) is 4.33. The van der Waals surface area contributed by atoms with E-state index in [0.29, 0.717) is 17.9 Å². The zero-order valence-electron chi connectivity index (χ0n) is 10.0. The highest BCUT2D eigenvalue weighted by atomic mass is 79.9. The van der Waals surface area contributed by atoms with Crippen molar-refractivity contribution >= 4 is 15.9 Å². The van der Waals surface area contributed by atoms with Gasteiger partial charge in [0, 0.05) is 16.2 Å². The average molecular weight is 308 g/mol. The number of aliphatic hydroxyl groups is 1. The lowest BCUT2D eigenvalue weighted by Crippen LogP contribution is -2.02. The van der Waals surface area contributed by atoms with Crippen molar-refractivity contribution in [2.45, 2.75) is 13.0 Å². The van der Waals surface area contributed by atoms with Crippen LogP contribution in [0.2, 0.25) is 0 Å². The van der Waals surface area contributed by atoms with Crippen LogP contribution in [0.3, 0.4) is 0 Å². The summed E-state index contributed by atoms with van der Waals surface area (Å²) in [6.07, 6.45) is 2.57. The van der Waals surface area contributed by atoms with Crippen molar-refractivity contribution in [3.05, 3.63) is 58.3 Å². The van der Waals surface area contributed by atoms with Crippen molar-refractivity contribution in [3.8, 4) is 5.75 Å². The van der Waals surface area contributed by atoms with Gasteiger partial charge < -0.3 is 9.84 Å². The van der Waals surface area contributed by atoms with E-state index in [9.17, 15) is 5.11 Å². The fourth-order valence-electron chi connectivity index (χ4n) is 1.71. The molecule has 1 aromatic heterocycles. The highest BCUT2D eigenvalue weighted by molar-refractivity contribution is 9.10. The molecule has 1 N–H and O–H groups in total. The predicted molar refractivity (Wildman–Crippen MR) is 73.6 cm³/mol. The average Bonchev–Trinajstić information content (AvgIpc) is 2.39. The SMILES string of the molecule is CCOc1cncc(C(O)c2ccccc2Br)c1. The van der Waals surface area contributed by atoms with Crippen molar-refractivity contribution in [3.63, 3.8) is 0 Å². The van der Waals surface area contributed by atoms with Crippen molar-refractivity contribution in [1.82, 2.24) is 4.98 Å². The minimum absolute atomic E-state index is 0.580. The van der Waals surface area contributed by atoms with Crippen LogP contribution in [-0.4, -0.2) is 16.7 Å². The molecule has 94 valence electrons. The Morgan fingerprint density at radius 3 is 2.83 bits per heavy atom. The molecule has 0 amide bonds. The molecule has 0 fully saturated rings. The lowest BCUT2D eigenvalue weighted by Gasteiger charge is -2.13. The number of pyridine rings is 1. The predicted octanol–water partition coefficient (Wildman–Crippen LogP) is 3.32. The van der Waals surface area contributed by atoms with Crippen LogP contribution in [0.4, 0.5) is 0 Å². The summed E-state index contributed by atoms with van der Waals surface area (Å²) in [7, 11) is 0. The third-order valence-electron chi connectivity index (χ3n) is 2.56. The summed E-state index contributed by atoms with van der Waals surface area (Å²) in [6.45, 7) is 2.49. The topological polar surface area (TPSA) is 42.4 Å². The molecule has 1 heterocycles. The number of nitrogens with zero attached hydrogens (tertiary/aromatic N) is 1. The number of ether oxygens (including phenoxy) is 1. The van der Waals surface area contributed by atoms with Crippen molar-refractivity contribution in [2.24, 2.45) is 0 Å². The number of benzene rings is 1. The Morgan fingerprint density at radius 1 is 1.33 bits per heavy atom. The second kappa shape index (κ2) is 5.98. The summed E-state index contributed by atoms with van der Waals surface area (Å²) in [4.78, 5) is 4.08. The van der Waals surface area contributed by atoms with Gasteiger partial charge in [0.1, 0.15) is 11.9 Å². The van der Waals surface area contributed by atoms with E-state index in [-0.39, 0.29) is 0 Å². The lowest BCUT2D eigenvalue weighted by atomic mass is 10.0. The summed E-state index contributed by atoms with van der Waals surface area (Å²) < 4.78 is 6.25. The number of aliphatic hydroxyl groups excluding tert-OH is 1. The van der Waals surface area contributed by atoms with E-state index in [1.54, 1.807) is 18.5 Å². The summed E-state index contributed by atoms with van der Waals surface area (Å²) >= 11 is 3.43. The van der Waals surface area contributed by atoms with Crippen LogP contribution in [0.25, 0.3) is 0 Å². The molecule has 0 aliphatic heterocycles. The maximum atomic E-state index is 10.3. The molecule has 0 aliphatic carbocycles. The van der Waals surface area contributed by atoms with Crippen LogP contribution in [0, 0.1) is 0 Å². The summed E-state index contributed by atoms with van der Waals surface area (Å²) in [5, 5.41) is 10.3. The molecule has 4 heteroatoms. The van der Waals surface area contributed by atoms with E-state index in [1.807, 2.05) is 31.2 Å². The van der Waals surface area contributed by atoms with Gasteiger partial charge >= 0.3 is 0 Å². The lowest BCUT2D eigenvalue weighted by molar-refractivity contribution is 0.218. The van der Waals surface area contributed by atoms with Crippen LogP contribution < -0.4 is 4.74 Å². The first-order valence-electron chi connectivity index (χ1n) is 5.72. The summed E-state index contributed by atoms with van der Waals surface area (Å²) in [6, 6.07) is 9.39. The van der Waals surface area contributed by atoms with Crippen LogP contribution >= 0.6 is 15.9 Å². The third-order valence-corrected chi connectivity index (χ3v) is 3.28. The second-order valence-corrected chi connectivity index (χ2v) is 4.67. The van der Waals surface area contributed by atoms with Crippen molar-refractivity contribution in [2.75, 3.05) is 6.61 Å². The first-order valence-corrected chi connectivity index (χ1v) is 6.52. The summed E-state index contributed by atoms with van der Waals surface area (Å²) in [5.41, 5.74) is 1.53.